The molecule has 0 saturated carbocycles. The lowest BCUT2D eigenvalue weighted by molar-refractivity contribution is -0.0519. The molecule has 0 heterocycles. The predicted molar refractivity (Wildman–Crippen MR) is 53.1 cm³/mol. The van der Waals surface area contributed by atoms with Gasteiger partial charge in [-0.3, -0.25) is 0 Å². The number of alkyl halides is 2. The van der Waals surface area contributed by atoms with E-state index in [1.165, 1.54) is 18.2 Å². The Labute approximate surface area is 91.3 Å². The molecule has 0 aliphatic carbocycles. The van der Waals surface area contributed by atoms with Crippen LogP contribution in [-0.2, 0) is 0 Å². The average molecular weight is 233 g/mol. The van der Waals surface area contributed by atoms with Gasteiger partial charge in [0.05, 0.1) is 18.8 Å². The van der Waals surface area contributed by atoms with Crippen molar-refractivity contribution in [2.24, 2.45) is 5.73 Å². The Morgan fingerprint density at radius 1 is 1.31 bits per heavy atom. The van der Waals surface area contributed by atoms with Crippen LogP contribution in [0.15, 0.2) is 24.3 Å². The van der Waals surface area contributed by atoms with Gasteiger partial charge in [0, 0.05) is 5.56 Å². The van der Waals surface area contributed by atoms with Gasteiger partial charge in [-0.15, -0.1) is 0 Å². The molecule has 1 rings (SSSR count). The Morgan fingerprint density at radius 3 is 2.50 bits per heavy atom. The summed E-state index contributed by atoms with van der Waals surface area (Å²) >= 11 is 0. The number of para-hydroxylation sites is 1. The number of aliphatic hydroxyl groups excluding tert-OH is 2. The number of ether oxygens (including phenoxy) is 1. The van der Waals surface area contributed by atoms with E-state index in [1.54, 1.807) is 6.07 Å². The molecular formula is C10H13F2NO3. The minimum atomic E-state index is -2.97. The predicted octanol–water partition coefficient (Wildman–Crippen LogP) is 0.641. The maximum absolute atomic E-state index is 12.1. The number of benzene rings is 1. The van der Waals surface area contributed by atoms with Crippen LogP contribution in [0, 0.1) is 0 Å². The molecule has 0 saturated heterocycles. The van der Waals surface area contributed by atoms with Crippen LogP contribution >= 0.6 is 0 Å². The molecule has 4 nitrogen and oxygen atoms in total. The summed E-state index contributed by atoms with van der Waals surface area (Å²) in [7, 11) is 0. The summed E-state index contributed by atoms with van der Waals surface area (Å²) in [6.45, 7) is -3.43. The van der Waals surface area contributed by atoms with Crippen molar-refractivity contribution in [1.82, 2.24) is 0 Å². The van der Waals surface area contributed by atoms with E-state index in [0.29, 0.717) is 0 Å². The minimum absolute atomic E-state index is 0.129. The molecule has 6 heteroatoms. The van der Waals surface area contributed by atoms with Gasteiger partial charge in [-0.2, -0.15) is 8.78 Å². The molecule has 90 valence electrons. The van der Waals surface area contributed by atoms with E-state index in [9.17, 15) is 13.9 Å². The van der Waals surface area contributed by atoms with Gasteiger partial charge in [0.15, 0.2) is 0 Å². The first-order valence-corrected chi connectivity index (χ1v) is 4.64. The smallest absolute Gasteiger partial charge is 0.387 e. The molecule has 4 N–H and O–H groups in total. The van der Waals surface area contributed by atoms with Crippen LogP contribution in [0.5, 0.6) is 5.75 Å². The zero-order valence-electron chi connectivity index (χ0n) is 8.38. The van der Waals surface area contributed by atoms with Crippen LogP contribution in [0.4, 0.5) is 8.78 Å². The molecule has 0 spiro atoms. The van der Waals surface area contributed by atoms with E-state index in [1.807, 2.05) is 0 Å². The summed E-state index contributed by atoms with van der Waals surface area (Å²) in [5, 5.41) is 18.4. The van der Waals surface area contributed by atoms with E-state index in [4.69, 9.17) is 10.8 Å². The Balaban J connectivity index is 2.93. The highest BCUT2D eigenvalue weighted by Crippen LogP contribution is 2.27. The highest BCUT2D eigenvalue weighted by atomic mass is 19.3. The summed E-state index contributed by atoms with van der Waals surface area (Å²) in [5.41, 5.74) is 5.53. The topological polar surface area (TPSA) is 75.7 Å². The summed E-state index contributed by atoms with van der Waals surface area (Å²) in [4.78, 5) is 0. The van der Waals surface area contributed by atoms with Crippen LogP contribution in [0.3, 0.4) is 0 Å². The molecule has 16 heavy (non-hydrogen) atoms. The van der Waals surface area contributed by atoms with Crippen LogP contribution in [-0.4, -0.2) is 29.5 Å². The first-order chi connectivity index (χ1) is 7.56. The van der Waals surface area contributed by atoms with Gasteiger partial charge < -0.3 is 20.7 Å². The third kappa shape index (κ3) is 3.13. The van der Waals surface area contributed by atoms with E-state index in [-0.39, 0.29) is 11.3 Å². The van der Waals surface area contributed by atoms with E-state index < -0.39 is 25.4 Å². The molecule has 2 atom stereocenters. The second kappa shape index (κ2) is 5.74. The van der Waals surface area contributed by atoms with Gasteiger partial charge in [0.2, 0.25) is 0 Å². The minimum Gasteiger partial charge on any atom is -0.434 e. The van der Waals surface area contributed by atoms with Crippen molar-refractivity contribution in [2.45, 2.75) is 18.8 Å². The third-order valence-electron chi connectivity index (χ3n) is 2.07. The van der Waals surface area contributed by atoms with Crippen molar-refractivity contribution in [3.63, 3.8) is 0 Å². The third-order valence-corrected chi connectivity index (χ3v) is 2.07. The molecule has 0 aliphatic heterocycles. The second-order valence-corrected chi connectivity index (χ2v) is 3.21. The highest BCUT2D eigenvalue weighted by Gasteiger charge is 2.21. The molecule has 1 aromatic rings. The Morgan fingerprint density at radius 2 is 1.94 bits per heavy atom. The largest absolute Gasteiger partial charge is 0.434 e. The standard InChI is InChI=1S/C10H13F2NO3/c11-10(12)16-8-4-2-1-3-6(8)9(15)7(13)5-14/h1-4,7,9-10,14-15H,5,13H2. The molecule has 0 aliphatic rings. The van der Waals surface area contributed by atoms with Gasteiger partial charge in [0.25, 0.3) is 0 Å². The molecule has 1 aromatic carbocycles. The molecule has 0 fully saturated rings. The molecule has 0 bridgehead atoms. The maximum atomic E-state index is 12.1. The van der Waals surface area contributed by atoms with E-state index >= 15 is 0 Å². The first kappa shape index (κ1) is 12.8. The van der Waals surface area contributed by atoms with Crippen molar-refractivity contribution in [1.29, 1.82) is 0 Å². The monoisotopic (exact) mass is 233 g/mol. The van der Waals surface area contributed by atoms with Crippen LogP contribution in [0.1, 0.15) is 11.7 Å². The fourth-order valence-electron chi connectivity index (χ4n) is 1.26. The van der Waals surface area contributed by atoms with Gasteiger partial charge in [-0.1, -0.05) is 18.2 Å². The van der Waals surface area contributed by atoms with Crippen molar-refractivity contribution in [3.8, 4) is 5.75 Å². The zero-order chi connectivity index (χ0) is 12.1. The summed E-state index contributed by atoms with van der Waals surface area (Å²) < 4.78 is 28.4. The lowest BCUT2D eigenvalue weighted by Crippen LogP contribution is -2.32. The Bertz CT molecular complexity index is 336. The second-order valence-electron chi connectivity index (χ2n) is 3.21. The van der Waals surface area contributed by atoms with E-state index in [2.05, 4.69) is 4.74 Å². The summed E-state index contributed by atoms with van der Waals surface area (Å²) in [6.07, 6.45) is -1.25. The number of rotatable bonds is 5. The number of nitrogens with two attached hydrogens (primary N) is 1. The highest BCUT2D eigenvalue weighted by molar-refractivity contribution is 5.35. The number of halogens is 2. The van der Waals surface area contributed by atoms with Crippen molar-refractivity contribution < 1.29 is 23.7 Å². The van der Waals surface area contributed by atoms with Gasteiger partial charge in [-0.25, -0.2) is 0 Å². The lowest BCUT2D eigenvalue weighted by atomic mass is 10.0. The number of aliphatic hydroxyl groups is 2. The van der Waals surface area contributed by atoms with E-state index in [0.717, 1.165) is 0 Å². The maximum Gasteiger partial charge on any atom is 0.387 e. The molecule has 2 unspecified atom stereocenters. The molecule has 0 radical (unpaired) electrons. The van der Waals surface area contributed by atoms with Crippen molar-refractivity contribution in [2.75, 3.05) is 6.61 Å². The number of hydrogen-bond acceptors (Lipinski definition) is 4. The molecule has 0 aromatic heterocycles. The quantitative estimate of drug-likeness (QED) is 0.697. The zero-order valence-corrected chi connectivity index (χ0v) is 8.38. The molecule has 0 amide bonds. The fraction of sp³-hybridized carbons (Fsp3) is 0.400. The first-order valence-electron chi connectivity index (χ1n) is 4.64. The SMILES string of the molecule is NC(CO)C(O)c1ccccc1OC(F)F. The van der Waals surface area contributed by atoms with Crippen molar-refractivity contribution >= 4 is 0 Å². The average Bonchev–Trinajstić information content (AvgIpc) is 2.27. The fourth-order valence-corrected chi connectivity index (χ4v) is 1.26. The molecular weight excluding hydrogens is 220 g/mol. The van der Waals surface area contributed by atoms with Gasteiger partial charge in [0.1, 0.15) is 5.75 Å². The van der Waals surface area contributed by atoms with Gasteiger partial charge in [-0.05, 0) is 6.07 Å². The Kier molecular flexibility index (Phi) is 4.60. The normalized spacial score (nSPS) is 14.9. The summed E-state index contributed by atoms with van der Waals surface area (Å²) in [6, 6.07) is 4.83. The van der Waals surface area contributed by atoms with Gasteiger partial charge >= 0.3 is 6.61 Å². The Hall–Kier alpha value is -1.24. The summed E-state index contributed by atoms with van der Waals surface area (Å²) in [5.74, 6) is -0.145. The number of hydrogen-bond donors (Lipinski definition) is 3. The van der Waals surface area contributed by atoms with Crippen molar-refractivity contribution in [3.05, 3.63) is 29.8 Å². The van der Waals surface area contributed by atoms with Crippen LogP contribution in [0.25, 0.3) is 0 Å². The lowest BCUT2D eigenvalue weighted by Gasteiger charge is -2.19. The van der Waals surface area contributed by atoms with Crippen LogP contribution < -0.4 is 10.5 Å². The van der Waals surface area contributed by atoms with Crippen LogP contribution in [0.2, 0.25) is 0 Å².